The van der Waals surface area contributed by atoms with Crippen molar-refractivity contribution in [2.24, 2.45) is 5.73 Å². The fourth-order valence-corrected chi connectivity index (χ4v) is 1.77. The number of esters is 1. The van der Waals surface area contributed by atoms with Gasteiger partial charge in [-0.05, 0) is 18.6 Å². The van der Waals surface area contributed by atoms with E-state index in [1.807, 2.05) is 6.07 Å². The highest BCUT2D eigenvalue weighted by Crippen LogP contribution is 2.14. The summed E-state index contributed by atoms with van der Waals surface area (Å²) in [6, 6.07) is 6.38. The van der Waals surface area contributed by atoms with Gasteiger partial charge in [0.15, 0.2) is 6.10 Å². The lowest BCUT2D eigenvalue weighted by molar-refractivity contribution is -0.154. The summed E-state index contributed by atoms with van der Waals surface area (Å²) in [5.74, 6) is -1.04. The van der Waals surface area contributed by atoms with Crippen molar-refractivity contribution in [1.82, 2.24) is 10.6 Å². The molecule has 0 aliphatic heterocycles. The molecule has 0 fully saturated rings. The molecule has 0 aromatic heterocycles. The summed E-state index contributed by atoms with van der Waals surface area (Å²) >= 11 is 5.97. The van der Waals surface area contributed by atoms with Crippen LogP contribution in [0.15, 0.2) is 24.3 Å². The second-order valence-electron chi connectivity index (χ2n) is 4.48. The summed E-state index contributed by atoms with van der Waals surface area (Å²) in [5.41, 5.74) is 5.62. The van der Waals surface area contributed by atoms with E-state index < -0.39 is 24.0 Å². The van der Waals surface area contributed by atoms with Gasteiger partial charge in [0.2, 0.25) is 0 Å². The van der Waals surface area contributed by atoms with E-state index in [4.69, 9.17) is 22.1 Å². The number of carbonyl (C=O) groups excluding carboxylic acids is 3. The topological polar surface area (TPSA) is 111 Å². The second kappa shape index (κ2) is 8.89. The maximum absolute atomic E-state index is 11.8. The first-order chi connectivity index (χ1) is 10.4. The molecule has 4 N–H and O–H groups in total. The van der Waals surface area contributed by atoms with Crippen molar-refractivity contribution in [3.8, 4) is 0 Å². The number of halogens is 1. The van der Waals surface area contributed by atoms with E-state index in [1.54, 1.807) is 18.2 Å². The highest BCUT2D eigenvalue weighted by Gasteiger charge is 2.17. The zero-order chi connectivity index (χ0) is 16.5. The molecule has 0 aliphatic carbocycles. The zero-order valence-electron chi connectivity index (χ0n) is 12.1. The summed E-state index contributed by atoms with van der Waals surface area (Å²) in [6.07, 6.45) is -1.01. The Kier molecular flexibility index (Phi) is 7.18. The summed E-state index contributed by atoms with van der Waals surface area (Å²) in [4.78, 5) is 33.7. The number of hydrogen-bond acceptors (Lipinski definition) is 4. The molecule has 0 aliphatic rings. The molecule has 22 heavy (non-hydrogen) atoms. The van der Waals surface area contributed by atoms with Crippen molar-refractivity contribution in [2.45, 2.75) is 26.0 Å². The van der Waals surface area contributed by atoms with Gasteiger partial charge in [-0.2, -0.15) is 0 Å². The van der Waals surface area contributed by atoms with Crippen LogP contribution in [0.5, 0.6) is 0 Å². The van der Waals surface area contributed by atoms with Crippen LogP contribution >= 0.6 is 11.6 Å². The van der Waals surface area contributed by atoms with Crippen LogP contribution in [0.3, 0.4) is 0 Å². The van der Waals surface area contributed by atoms with E-state index in [9.17, 15) is 14.4 Å². The maximum atomic E-state index is 11.8. The number of hydrogen-bond donors (Lipinski definition) is 3. The number of primary amides is 1. The molecule has 0 bridgehead atoms. The van der Waals surface area contributed by atoms with Crippen molar-refractivity contribution >= 4 is 29.5 Å². The van der Waals surface area contributed by atoms with Gasteiger partial charge >= 0.3 is 12.0 Å². The summed E-state index contributed by atoms with van der Waals surface area (Å²) in [7, 11) is 0. The fourth-order valence-electron chi connectivity index (χ4n) is 1.57. The molecule has 0 heterocycles. The SMILES string of the molecule is C[C@@H](OC(=O)CCNC(N)=O)C(=O)NCc1ccccc1Cl. The normalized spacial score (nSPS) is 11.4. The Morgan fingerprint density at radius 2 is 1.95 bits per heavy atom. The smallest absolute Gasteiger partial charge is 0.312 e. The Balaban J connectivity index is 2.34. The average Bonchev–Trinajstić information content (AvgIpc) is 2.45. The van der Waals surface area contributed by atoms with E-state index in [-0.39, 0.29) is 19.5 Å². The number of amides is 3. The third kappa shape index (κ3) is 6.45. The lowest BCUT2D eigenvalue weighted by Gasteiger charge is -2.14. The minimum Gasteiger partial charge on any atom is -0.452 e. The van der Waals surface area contributed by atoms with Crippen molar-refractivity contribution in [3.63, 3.8) is 0 Å². The molecule has 1 rings (SSSR count). The van der Waals surface area contributed by atoms with E-state index >= 15 is 0 Å². The van der Waals surface area contributed by atoms with Gasteiger partial charge < -0.3 is 21.1 Å². The van der Waals surface area contributed by atoms with Crippen LogP contribution in [0.4, 0.5) is 4.79 Å². The molecule has 3 amide bonds. The molecule has 0 unspecified atom stereocenters. The molecule has 8 heteroatoms. The number of nitrogens with two attached hydrogens (primary N) is 1. The third-order valence-corrected chi connectivity index (χ3v) is 3.09. The number of rotatable bonds is 7. The number of ether oxygens (including phenoxy) is 1. The van der Waals surface area contributed by atoms with Crippen LogP contribution in [0.2, 0.25) is 5.02 Å². The van der Waals surface area contributed by atoms with Crippen LogP contribution in [-0.2, 0) is 20.9 Å². The van der Waals surface area contributed by atoms with Gasteiger partial charge in [-0.1, -0.05) is 29.8 Å². The van der Waals surface area contributed by atoms with E-state index in [0.717, 1.165) is 5.56 Å². The predicted octanol–water partition coefficient (Wildman–Crippen LogP) is 0.946. The van der Waals surface area contributed by atoms with Gasteiger partial charge in [0.1, 0.15) is 0 Å². The molecule has 0 saturated carbocycles. The Labute approximate surface area is 133 Å². The maximum Gasteiger partial charge on any atom is 0.312 e. The second-order valence-corrected chi connectivity index (χ2v) is 4.89. The first-order valence-electron chi connectivity index (χ1n) is 6.64. The van der Waals surface area contributed by atoms with Crippen LogP contribution in [-0.4, -0.2) is 30.6 Å². The quantitative estimate of drug-likeness (QED) is 0.647. The van der Waals surface area contributed by atoms with Crippen LogP contribution < -0.4 is 16.4 Å². The van der Waals surface area contributed by atoms with Gasteiger partial charge in [-0.15, -0.1) is 0 Å². The zero-order valence-corrected chi connectivity index (χ0v) is 12.9. The monoisotopic (exact) mass is 327 g/mol. The number of nitrogens with one attached hydrogen (secondary N) is 2. The molecule has 1 aromatic carbocycles. The van der Waals surface area contributed by atoms with Gasteiger partial charge in [0, 0.05) is 18.1 Å². The summed E-state index contributed by atoms with van der Waals surface area (Å²) < 4.78 is 4.94. The number of urea groups is 1. The standard InChI is InChI=1S/C14H18ClN3O4/c1-9(22-12(19)6-7-17-14(16)21)13(20)18-8-10-4-2-3-5-11(10)15/h2-5,9H,6-8H2,1H3,(H,18,20)(H3,16,17,21)/t9-/m1/s1. The van der Waals surface area contributed by atoms with Gasteiger partial charge in [-0.25, -0.2) is 4.79 Å². The fraction of sp³-hybridized carbons (Fsp3) is 0.357. The third-order valence-electron chi connectivity index (χ3n) is 2.72. The van der Waals surface area contributed by atoms with Crippen LogP contribution in [0, 0.1) is 0 Å². The van der Waals surface area contributed by atoms with Gasteiger partial charge in [0.25, 0.3) is 5.91 Å². The molecular formula is C14H18ClN3O4. The number of carbonyl (C=O) groups is 3. The van der Waals surface area contributed by atoms with Gasteiger partial charge in [-0.3, -0.25) is 9.59 Å². The Hall–Kier alpha value is -2.28. The van der Waals surface area contributed by atoms with Crippen molar-refractivity contribution in [3.05, 3.63) is 34.9 Å². The Morgan fingerprint density at radius 3 is 2.59 bits per heavy atom. The summed E-state index contributed by atoms with van der Waals surface area (Å²) in [5, 5.41) is 5.43. The first-order valence-corrected chi connectivity index (χ1v) is 7.02. The molecule has 0 radical (unpaired) electrons. The molecule has 120 valence electrons. The lowest BCUT2D eigenvalue weighted by Crippen LogP contribution is -2.36. The summed E-state index contributed by atoms with van der Waals surface area (Å²) in [6.45, 7) is 1.76. The molecule has 1 atom stereocenters. The first kappa shape index (κ1) is 17.8. The van der Waals surface area contributed by atoms with Crippen molar-refractivity contribution in [2.75, 3.05) is 6.54 Å². The van der Waals surface area contributed by atoms with Crippen molar-refractivity contribution < 1.29 is 19.1 Å². The highest BCUT2D eigenvalue weighted by molar-refractivity contribution is 6.31. The van der Waals surface area contributed by atoms with Crippen LogP contribution in [0.25, 0.3) is 0 Å². The van der Waals surface area contributed by atoms with E-state index in [1.165, 1.54) is 6.92 Å². The Bertz CT molecular complexity index is 551. The molecule has 0 spiro atoms. The molecule has 1 aromatic rings. The largest absolute Gasteiger partial charge is 0.452 e. The molecular weight excluding hydrogens is 310 g/mol. The Morgan fingerprint density at radius 1 is 1.27 bits per heavy atom. The predicted molar refractivity (Wildman–Crippen MR) is 81.1 cm³/mol. The van der Waals surface area contributed by atoms with Gasteiger partial charge in [0.05, 0.1) is 6.42 Å². The minimum absolute atomic E-state index is 0.0577. The van der Waals surface area contributed by atoms with E-state index in [0.29, 0.717) is 5.02 Å². The molecule has 7 nitrogen and oxygen atoms in total. The average molecular weight is 328 g/mol. The van der Waals surface area contributed by atoms with Crippen LogP contribution in [0.1, 0.15) is 18.9 Å². The molecule has 0 saturated heterocycles. The minimum atomic E-state index is -0.941. The lowest BCUT2D eigenvalue weighted by atomic mass is 10.2. The van der Waals surface area contributed by atoms with E-state index in [2.05, 4.69) is 10.6 Å². The van der Waals surface area contributed by atoms with Crippen molar-refractivity contribution in [1.29, 1.82) is 0 Å². The number of benzene rings is 1. The highest BCUT2D eigenvalue weighted by atomic mass is 35.5.